The fraction of sp³-hybridized carbons (Fsp3) is 0.312. The van der Waals surface area contributed by atoms with Crippen LogP contribution in [0.5, 0.6) is 0 Å². The van der Waals surface area contributed by atoms with Crippen molar-refractivity contribution < 1.29 is 13.2 Å². The summed E-state index contributed by atoms with van der Waals surface area (Å²) >= 11 is 0. The zero-order valence-corrected chi connectivity index (χ0v) is 22.9. The van der Waals surface area contributed by atoms with Crippen molar-refractivity contribution in [3.05, 3.63) is 90.5 Å². The molecule has 1 aromatic heterocycles. The van der Waals surface area contributed by atoms with E-state index in [1.54, 1.807) is 6.07 Å². The van der Waals surface area contributed by atoms with Crippen LogP contribution in [0.3, 0.4) is 0 Å². The Labute approximate surface area is 229 Å². The molecule has 0 amide bonds. The van der Waals surface area contributed by atoms with Crippen LogP contribution in [-0.2, 0) is 6.18 Å². The summed E-state index contributed by atoms with van der Waals surface area (Å²) < 4.78 is 40.9. The lowest BCUT2D eigenvalue weighted by molar-refractivity contribution is -0.137. The normalized spacial score (nSPS) is 11.1. The summed E-state index contributed by atoms with van der Waals surface area (Å²) in [6, 6.07) is 24.6. The molecule has 0 radical (unpaired) electrons. The third kappa shape index (κ3) is 7.90. The van der Waals surface area contributed by atoms with Crippen LogP contribution in [0, 0.1) is 0 Å². The first kappa shape index (κ1) is 29.8. The van der Waals surface area contributed by atoms with E-state index < -0.39 is 11.7 Å². The second-order valence-corrected chi connectivity index (χ2v) is 9.18. The molecular weight excluding hydrogens is 497 g/mol. The summed E-state index contributed by atoms with van der Waals surface area (Å²) in [5.74, 6) is 1.23. The zero-order chi connectivity index (χ0) is 28.3. The average Bonchev–Trinajstić information content (AvgIpc) is 2.97. The van der Waals surface area contributed by atoms with Crippen molar-refractivity contribution in [3.63, 3.8) is 0 Å². The molecule has 39 heavy (non-hydrogen) atoms. The molecule has 0 saturated heterocycles. The highest BCUT2D eigenvalue weighted by molar-refractivity contribution is 5.90. The molecule has 4 rings (SSSR count). The lowest BCUT2D eigenvalue weighted by Gasteiger charge is -2.27. The molecule has 7 heteroatoms. The minimum Gasteiger partial charge on any atom is -0.356 e. The van der Waals surface area contributed by atoms with Gasteiger partial charge in [0.25, 0.3) is 0 Å². The maximum absolute atomic E-state index is 13.6. The summed E-state index contributed by atoms with van der Waals surface area (Å²) in [6.45, 7) is 8.65. The summed E-state index contributed by atoms with van der Waals surface area (Å²) in [5, 5.41) is 0. The molecule has 206 valence electrons. The molecule has 3 aromatic carbocycles. The van der Waals surface area contributed by atoms with Crippen LogP contribution < -0.4 is 10.6 Å². The molecule has 0 atom stereocenters. The first-order chi connectivity index (χ1) is 18.8. The van der Waals surface area contributed by atoms with Crippen molar-refractivity contribution in [1.29, 1.82) is 0 Å². The highest BCUT2D eigenvalue weighted by Crippen LogP contribution is 2.41. The van der Waals surface area contributed by atoms with Crippen molar-refractivity contribution in [3.8, 4) is 33.8 Å². The molecule has 0 aliphatic rings. The molecule has 4 nitrogen and oxygen atoms in total. The third-order valence-corrected chi connectivity index (χ3v) is 6.02. The lowest BCUT2D eigenvalue weighted by Crippen LogP contribution is -2.27. The molecule has 0 spiro atoms. The summed E-state index contributed by atoms with van der Waals surface area (Å²) in [5.41, 5.74) is 7.65. The van der Waals surface area contributed by atoms with E-state index >= 15 is 0 Å². The number of benzene rings is 3. The largest absolute Gasteiger partial charge is 0.416 e. The van der Waals surface area contributed by atoms with Gasteiger partial charge in [-0.25, -0.2) is 9.97 Å². The van der Waals surface area contributed by atoms with Crippen LogP contribution in [-0.4, -0.2) is 29.6 Å². The van der Waals surface area contributed by atoms with E-state index in [0.29, 0.717) is 17.1 Å². The zero-order valence-electron chi connectivity index (χ0n) is 22.9. The van der Waals surface area contributed by atoms with Crippen LogP contribution in [0.2, 0.25) is 0 Å². The highest BCUT2D eigenvalue weighted by atomic mass is 19.4. The van der Waals surface area contributed by atoms with Crippen molar-refractivity contribution in [1.82, 2.24) is 9.97 Å². The van der Waals surface area contributed by atoms with Gasteiger partial charge in [0, 0.05) is 24.2 Å². The molecule has 0 saturated carbocycles. The number of aromatic nitrogens is 2. The van der Waals surface area contributed by atoms with Gasteiger partial charge < -0.3 is 10.6 Å². The number of nitrogens with two attached hydrogens (primary N) is 1. The third-order valence-electron chi connectivity index (χ3n) is 6.02. The number of alkyl halides is 3. The van der Waals surface area contributed by atoms with Crippen LogP contribution >= 0.6 is 0 Å². The van der Waals surface area contributed by atoms with Gasteiger partial charge in [-0.15, -0.1) is 0 Å². The van der Waals surface area contributed by atoms with Gasteiger partial charge in [-0.2, -0.15) is 13.2 Å². The number of hydrogen-bond donors (Lipinski definition) is 1. The fourth-order valence-corrected chi connectivity index (χ4v) is 4.18. The Morgan fingerprint density at radius 3 is 1.74 bits per heavy atom. The van der Waals surface area contributed by atoms with Gasteiger partial charge in [-0.05, 0) is 43.5 Å². The number of anilines is 1. The average molecular weight is 535 g/mol. The SMILES string of the molecule is CCCN.CCCN(CCC)c1nc(-c2ccccc2)nc(-c2cccc(C(F)(F)F)c2)c1-c1ccccc1. The van der Waals surface area contributed by atoms with E-state index in [9.17, 15) is 13.2 Å². The van der Waals surface area contributed by atoms with Gasteiger partial charge in [-0.1, -0.05) is 93.6 Å². The number of nitrogens with zero attached hydrogens (tertiary/aromatic N) is 3. The Bertz CT molecular complexity index is 1280. The molecule has 2 N–H and O–H groups in total. The molecular formula is C32H37F3N4. The van der Waals surface area contributed by atoms with E-state index in [1.807, 2.05) is 60.7 Å². The molecule has 4 aromatic rings. The quantitative estimate of drug-likeness (QED) is 0.234. The van der Waals surface area contributed by atoms with E-state index in [4.69, 9.17) is 15.7 Å². The standard InChI is InChI=1S/C29H28F3N3.C3H9N/c1-3-18-35(19-4-2)28-25(21-12-7-5-8-13-21)26(23-16-11-17-24(20-23)29(30,31)32)33-27(34-28)22-14-9-6-10-15-22;1-2-3-4/h5-17,20H,3-4,18-19H2,1-2H3;2-4H2,1H3. The Hall–Kier alpha value is -3.71. The summed E-state index contributed by atoms with van der Waals surface area (Å²) in [4.78, 5) is 12.1. The van der Waals surface area contributed by atoms with Crippen LogP contribution in [0.15, 0.2) is 84.9 Å². The molecule has 1 heterocycles. The topological polar surface area (TPSA) is 55.0 Å². The Balaban J connectivity index is 0.000000983. The van der Waals surface area contributed by atoms with Gasteiger partial charge >= 0.3 is 6.18 Å². The van der Waals surface area contributed by atoms with Crippen LogP contribution in [0.4, 0.5) is 19.0 Å². The van der Waals surface area contributed by atoms with Crippen LogP contribution in [0.25, 0.3) is 33.8 Å². The van der Waals surface area contributed by atoms with E-state index in [-0.39, 0.29) is 0 Å². The molecule has 0 aliphatic carbocycles. The summed E-state index contributed by atoms with van der Waals surface area (Å²) in [7, 11) is 0. The molecule has 0 unspecified atom stereocenters. The summed E-state index contributed by atoms with van der Waals surface area (Å²) in [6.07, 6.45) is -1.52. The minimum absolute atomic E-state index is 0.410. The monoisotopic (exact) mass is 534 g/mol. The van der Waals surface area contributed by atoms with E-state index in [1.165, 1.54) is 12.1 Å². The van der Waals surface area contributed by atoms with Crippen molar-refractivity contribution in [2.45, 2.75) is 46.2 Å². The fourth-order valence-electron chi connectivity index (χ4n) is 4.18. The van der Waals surface area contributed by atoms with Crippen molar-refractivity contribution in [2.24, 2.45) is 5.73 Å². The number of halogens is 3. The van der Waals surface area contributed by atoms with E-state index in [0.717, 1.165) is 67.5 Å². The van der Waals surface area contributed by atoms with Crippen molar-refractivity contribution >= 4 is 5.82 Å². The maximum atomic E-state index is 13.6. The number of hydrogen-bond acceptors (Lipinski definition) is 4. The smallest absolute Gasteiger partial charge is 0.356 e. The van der Waals surface area contributed by atoms with Gasteiger partial charge in [0.05, 0.1) is 16.8 Å². The first-order valence-corrected chi connectivity index (χ1v) is 13.5. The Morgan fingerprint density at radius 2 is 1.23 bits per heavy atom. The second-order valence-electron chi connectivity index (χ2n) is 9.18. The molecule has 0 aliphatic heterocycles. The molecule has 0 bridgehead atoms. The van der Waals surface area contributed by atoms with Crippen molar-refractivity contribution in [2.75, 3.05) is 24.5 Å². The maximum Gasteiger partial charge on any atom is 0.416 e. The van der Waals surface area contributed by atoms with Gasteiger partial charge in [0.1, 0.15) is 5.82 Å². The van der Waals surface area contributed by atoms with Gasteiger partial charge in [0.2, 0.25) is 0 Å². The van der Waals surface area contributed by atoms with Gasteiger partial charge in [-0.3, -0.25) is 0 Å². The van der Waals surface area contributed by atoms with Gasteiger partial charge in [0.15, 0.2) is 5.82 Å². The predicted molar refractivity (Wildman–Crippen MR) is 155 cm³/mol. The van der Waals surface area contributed by atoms with E-state index in [2.05, 4.69) is 25.7 Å². The Kier molecular flexibility index (Phi) is 11.1. The molecule has 0 fully saturated rings. The minimum atomic E-state index is -4.45. The lowest BCUT2D eigenvalue weighted by atomic mass is 9.97. The first-order valence-electron chi connectivity index (χ1n) is 13.5. The van der Waals surface area contributed by atoms with Crippen LogP contribution in [0.1, 0.15) is 45.6 Å². The highest BCUT2D eigenvalue weighted by Gasteiger charge is 2.31. The Morgan fingerprint density at radius 1 is 0.692 bits per heavy atom. The predicted octanol–water partition coefficient (Wildman–Crippen LogP) is 8.48. The number of rotatable bonds is 9. The second kappa shape index (κ2) is 14.4.